The second kappa shape index (κ2) is 4.18. The van der Waals surface area contributed by atoms with Crippen LogP contribution in [0.5, 0.6) is 0 Å². The van der Waals surface area contributed by atoms with E-state index in [1.165, 1.54) is 37.8 Å². The Morgan fingerprint density at radius 3 is 2.46 bits per heavy atom. The van der Waals surface area contributed by atoms with Crippen LogP contribution in [-0.2, 0) is 0 Å². The second-order valence-electron chi connectivity index (χ2n) is 3.62. The van der Waals surface area contributed by atoms with Crippen LogP contribution < -0.4 is 0 Å². The molecule has 70 valence electrons. The number of halogens is 1. The summed E-state index contributed by atoms with van der Waals surface area (Å²) >= 11 is 3.30. The van der Waals surface area contributed by atoms with Crippen molar-refractivity contribution in [1.29, 1.82) is 0 Å². The average Bonchev–Trinajstić information content (AvgIpc) is 2.20. The Bertz CT molecular complexity index is 265. The minimum atomic E-state index is 0.661. The minimum Gasteiger partial charge on any atom is -0.154 e. The van der Waals surface area contributed by atoms with Crippen molar-refractivity contribution < 1.29 is 0 Å². The molecule has 0 N–H and O–H groups in total. The molecule has 1 aliphatic carbocycles. The maximum Gasteiger partial charge on any atom is 0.128 e. The molecule has 0 spiro atoms. The van der Waals surface area contributed by atoms with Gasteiger partial charge >= 0.3 is 0 Å². The molecule has 1 aromatic rings. The zero-order valence-electron chi connectivity index (χ0n) is 7.54. The lowest BCUT2D eigenvalue weighted by molar-refractivity contribution is 0.433. The van der Waals surface area contributed by atoms with Gasteiger partial charge in [0.05, 0.1) is 5.69 Å². The number of rotatable bonds is 1. The van der Waals surface area contributed by atoms with E-state index >= 15 is 0 Å². The first-order chi connectivity index (χ1) is 6.36. The highest BCUT2D eigenvalue weighted by molar-refractivity contribution is 9.10. The average molecular weight is 241 g/mol. The van der Waals surface area contributed by atoms with Gasteiger partial charge in [0.1, 0.15) is 4.60 Å². The molecule has 0 unspecified atom stereocenters. The fourth-order valence-electron chi connectivity index (χ4n) is 1.94. The third kappa shape index (κ3) is 2.27. The molecule has 1 saturated carbocycles. The molecule has 0 radical (unpaired) electrons. The zero-order valence-corrected chi connectivity index (χ0v) is 9.13. The molecule has 2 rings (SSSR count). The maximum absolute atomic E-state index is 4.21. The van der Waals surface area contributed by atoms with E-state index in [1.54, 1.807) is 0 Å². The predicted molar refractivity (Wildman–Crippen MR) is 55.6 cm³/mol. The van der Waals surface area contributed by atoms with Gasteiger partial charge in [0.25, 0.3) is 0 Å². The molecule has 0 aliphatic heterocycles. The number of hydrogen-bond donors (Lipinski definition) is 0. The monoisotopic (exact) mass is 240 g/mol. The molecule has 0 amide bonds. The van der Waals surface area contributed by atoms with Gasteiger partial charge in [-0.05, 0) is 40.9 Å². The molecule has 1 fully saturated rings. The Hall–Kier alpha value is -0.440. The van der Waals surface area contributed by atoms with Gasteiger partial charge in [-0.2, -0.15) is 5.10 Å². The molecule has 13 heavy (non-hydrogen) atoms. The van der Waals surface area contributed by atoms with Crippen molar-refractivity contribution in [2.45, 2.75) is 38.0 Å². The van der Waals surface area contributed by atoms with E-state index in [0.717, 1.165) is 4.60 Å². The summed E-state index contributed by atoms with van der Waals surface area (Å²) in [6, 6.07) is 4.07. The Balaban J connectivity index is 2.10. The van der Waals surface area contributed by atoms with E-state index in [1.807, 2.05) is 6.07 Å². The van der Waals surface area contributed by atoms with E-state index in [2.05, 4.69) is 32.2 Å². The highest BCUT2D eigenvalue weighted by Gasteiger charge is 2.16. The Labute approximate surface area is 86.9 Å². The van der Waals surface area contributed by atoms with Gasteiger partial charge in [-0.15, -0.1) is 5.10 Å². The van der Waals surface area contributed by atoms with Crippen LogP contribution >= 0.6 is 15.9 Å². The fourth-order valence-corrected chi connectivity index (χ4v) is 2.15. The topological polar surface area (TPSA) is 25.8 Å². The normalized spacial score (nSPS) is 18.8. The smallest absolute Gasteiger partial charge is 0.128 e. The molecule has 0 bridgehead atoms. The molecule has 2 nitrogen and oxygen atoms in total. The van der Waals surface area contributed by atoms with Gasteiger partial charge in [-0.25, -0.2) is 0 Å². The third-order valence-electron chi connectivity index (χ3n) is 2.68. The lowest BCUT2D eigenvalue weighted by atomic mass is 9.87. The van der Waals surface area contributed by atoms with Crippen molar-refractivity contribution in [2.24, 2.45) is 0 Å². The second-order valence-corrected chi connectivity index (χ2v) is 4.43. The predicted octanol–water partition coefficient (Wildman–Crippen LogP) is 3.29. The Morgan fingerprint density at radius 1 is 1.08 bits per heavy atom. The summed E-state index contributed by atoms with van der Waals surface area (Å²) in [4.78, 5) is 0. The first kappa shape index (κ1) is 9.13. The van der Waals surface area contributed by atoms with Gasteiger partial charge in [0.15, 0.2) is 0 Å². The van der Waals surface area contributed by atoms with Crippen molar-refractivity contribution in [3.63, 3.8) is 0 Å². The van der Waals surface area contributed by atoms with Gasteiger partial charge in [0.2, 0.25) is 0 Å². The van der Waals surface area contributed by atoms with Gasteiger partial charge in [0, 0.05) is 5.92 Å². The summed E-state index contributed by atoms with van der Waals surface area (Å²) in [6.45, 7) is 0. The van der Waals surface area contributed by atoms with Crippen LogP contribution in [0.3, 0.4) is 0 Å². The first-order valence-electron chi connectivity index (χ1n) is 4.85. The summed E-state index contributed by atoms with van der Waals surface area (Å²) in [6.07, 6.45) is 6.66. The Morgan fingerprint density at radius 2 is 1.85 bits per heavy atom. The molecular weight excluding hydrogens is 228 g/mol. The van der Waals surface area contributed by atoms with Crippen molar-refractivity contribution in [2.75, 3.05) is 0 Å². The summed E-state index contributed by atoms with van der Waals surface area (Å²) in [7, 11) is 0. The zero-order chi connectivity index (χ0) is 9.10. The number of hydrogen-bond acceptors (Lipinski definition) is 2. The molecule has 3 heteroatoms. The number of nitrogens with zero attached hydrogens (tertiary/aromatic N) is 2. The molecular formula is C10H13BrN2. The standard InChI is InChI=1S/C10H13BrN2/c11-10-7-6-9(12-13-10)8-4-2-1-3-5-8/h6-8H,1-5H2. The van der Waals surface area contributed by atoms with Gasteiger partial charge < -0.3 is 0 Å². The highest BCUT2D eigenvalue weighted by Crippen LogP contribution is 2.31. The van der Waals surface area contributed by atoms with Crippen LogP contribution in [0.1, 0.15) is 43.7 Å². The largest absolute Gasteiger partial charge is 0.154 e. The van der Waals surface area contributed by atoms with Crippen LogP contribution in [-0.4, -0.2) is 10.2 Å². The van der Waals surface area contributed by atoms with Crippen LogP contribution in [0.2, 0.25) is 0 Å². The first-order valence-corrected chi connectivity index (χ1v) is 5.65. The SMILES string of the molecule is Brc1ccc(C2CCCCC2)nn1. The van der Waals surface area contributed by atoms with Gasteiger partial charge in [-0.3, -0.25) is 0 Å². The maximum atomic E-state index is 4.21. The molecule has 1 heterocycles. The molecule has 1 aromatic heterocycles. The van der Waals surface area contributed by atoms with Crippen LogP contribution in [0.4, 0.5) is 0 Å². The van der Waals surface area contributed by atoms with Crippen LogP contribution in [0.25, 0.3) is 0 Å². The van der Waals surface area contributed by atoms with Crippen molar-refractivity contribution >= 4 is 15.9 Å². The Kier molecular flexibility index (Phi) is 2.94. The van der Waals surface area contributed by atoms with E-state index in [4.69, 9.17) is 0 Å². The summed E-state index contributed by atoms with van der Waals surface area (Å²) in [5, 5.41) is 8.23. The fraction of sp³-hybridized carbons (Fsp3) is 0.600. The number of aromatic nitrogens is 2. The summed E-state index contributed by atoms with van der Waals surface area (Å²) in [5.41, 5.74) is 1.17. The van der Waals surface area contributed by atoms with E-state index in [0.29, 0.717) is 5.92 Å². The lowest BCUT2D eigenvalue weighted by Crippen LogP contribution is -2.07. The molecule has 0 saturated heterocycles. The van der Waals surface area contributed by atoms with Crippen molar-refractivity contribution in [3.05, 3.63) is 22.4 Å². The van der Waals surface area contributed by atoms with E-state index in [-0.39, 0.29) is 0 Å². The molecule has 0 atom stereocenters. The van der Waals surface area contributed by atoms with Gasteiger partial charge in [-0.1, -0.05) is 19.3 Å². The van der Waals surface area contributed by atoms with E-state index < -0.39 is 0 Å². The van der Waals surface area contributed by atoms with Crippen LogP contribution in [0.15, 0.2) is 16.7 Å². The van der Waals surface area contributed by atoms with Crippen LogP contribution in [0, 0.1) is 0 Å². The summed E-state index contributed by atoms with van der Waals surface area (Å²) < 4.78 is 0.826. The molecule has 0 aromatic carbocycles. The molecule has 1 aliphatic rings. The quantitative estimate of drug-likeness (QED) is 0.753. The third-order valence-corrected chi connectivity index (χ3v) is 3.10. The highest BCUT2D eigenvalue weighted by atomic mass is 79.9. The lowest BCUT2D eigenvalue weighted by Gasteiger charge is -2.20. The summed E-state index contributed by atoms with van der Waals surface area (Å²) in [5.74, 6) is 0.661. The van der Waals surface area contributed by atoms with E-state index in [9.17, 15) is 0 Å². The minimum absolute atomic E-state index is 0.661. The van der Waals surface area contributed by atoms with Crippen molar-refractivity contribution in [1.82, 2.24) is 10.2 Å². The van der Waals surface area contributed by atoms with Crippen molar-refractivity contribution in [3.8, 4) is 0 Å².